The van der Waals surface area contributed by atoms with E-state index < -0.39 is 0 Å². The van der Waals surface area contributed by atoms with Gasteiger partial charge in [-0.2, -0.15) is 0 Å². The van der Waals surface area contributed by atoms with E-state index in [0.717, 1.165) is 18.2 Å². The Labute approximate surface area is 126 Å². The summed E-state index contributed by atoms with van der Waals surface area (Å²) < 4.78 is 0. The number of hydrogen-bond acceptors (Lipinski definition) is 2. The minimum absolute atomic E-state index is 0.575. The van der Waals surface area contributed by atoms with Crippen molar-refractivity contribution in [1.29, 1.82) is 0 Å². The second-order valence-electron chi connectivity index (χ2n) is 6.54. The molecule has 3 heteroatoms. The molecule has 3 unspecified atom stereocenters. The van der Waals surface area contributed by atoms with Crippen LogP contribution in [-0.4, -0.2) is 22.1 Å². The molecule has 2 N–H and O–H groups in total. The number of imidazole rings is 1. The van der Waals surface area contributed by atoms with Gasteiger partial charge in [-0.1, -0.05) is 31.2 Å². The third kappa shape index (κ3) is 2.20. The normalized spacial score (nSPS) is 27.4. The molecule has 0 amide bonds. The van der Waals surface area contributed by atoms with Crippen molar-refractivity contribution in [3.05, 3.63) is 41.3 Å². The second kappa shape index (κ2) is 4.99. The highest BCUT2D eigenvalue weighted by molar-refractivity contribution is 5.62. The summed E-state index contributed by atoms with van der Waals surface area (Å²) in [6, 6.07) is 10.2. The third-order valence-electron chi connectivity index (χ3n) is 5.19. The molecule has 3 heterocycles. The van der Waals surface area contributed by atoms with Gasteiger partial charge in [0.2, 0.25) is 0 Å². The lowest BCUT2D eigenvalue weighted by molar-refractivity contribution is 0.489. The van der Waals surface area contributed by atoms with Gasteiger partial charge in [-0.25, -0.2) is 4.98 Å². The van der Waals surface area contributed by atoms with Gasteiger partial charge in [0.1, 0.15) is 5.82 Å². The van der Waals surface area contributed by atoms with Gasteiger partial charge >= 0.3 is 0 Å². The lowest BCUT2D eigenvalue weighted by Gasteiger charge is -2.17. The number of aromatic amines is 1. The molecule has 3 nitrogen and oxygen atoms in total. The molecular weight excluding hydrogens is 258 g/mol. The van der Waals surface area contributed by atoms with Crippen molar-refractivity contribution < 1.29 is 0 Å². The number of nitrogens with zero attached hydrogens (tertiary/aromatic N) is 1. The number of aryl methyl sites for hydroxylation is 2. The Morgan fingerprint density at radius 3 is 2.62 bits per heavy atom. The van der Waals surface area contributed by atoms with E-state index in [4.69, 9.17) is 4.98 Å². The van der Waals surface area contributed by atoms with Crippen LogP contribution in [-0.2, 0) is 6.42 Å². The van der Waals surface area contributed by atoms with Crippen LogP contribution in [0.4, 0.5) is 0 Å². The predicted molar refractivity (Wildman–Crippen MR) is 85.4 cm³/mol. The summed E-state index contributed by atoms with van der Waals surface area (Å²) in [5.74, 6) is 1.76. The van der Waals surface area contributed by atoms with Crippen LogP contribution in [0.1, 0.15) is 49.2 Å². The van der Waals surface area contributed by atoms with Crippen molar-refractivity contribution >= 4 is 0 Å². The highest BCUT2D eigenvalue weighted by atomic mass is 15.1. The van der Waals surface area contributed by atoms with Gasteiger partial charge in [0.15, 0.2) is 0 Å². The molecule has 2 aliphatic rings. The number of rotatable bonds is 3. The molecule has 110 valence electrons. The Balaban J connectivity index is 1.64. The van der Waals surface area contributed by atoms with E-state index in [1.165, 1.54) is 41.9 Å². The molecule has 2 bridgehead atoms. The summed E-state index contributed by atoms with van der Waals surface area (Å²) in [5, 5.41) is 3.70. The van der Waals surface area contributed by atoms with Gasteiger partial charge < -0.3 is 10.3 Å². The van der Waals surface area contributed by atoms with E-state index in [1.807, 2.05) is 0 Å². The number of H-pyrrole nitrogens is 1. The molecule has 2 fully saturated rings. The van der Waals surface area contributed by atoms with Crippen molar-refractivity contribution in [3.63, 3.8) is 0 Å². The number of benzene rings is 1. The Morgan fingerprint density at radius 2 is 2.00 bits per heavy atom. The zero-order valence-electron chi connectivity index (χ0n) is 12.8. The van der Waals surface area contributed by atoms with Gasteiger partial charge in [-0.15, -0.1) is 0 Å². The van der Waals surface area contributed by atoms with Crippen molar-refractivity contribution in [2.45, 2.75) is 57.5 Å². The molecule has 21 heavy (non-hydrogen) atoms. The topological polar surface area (TPSA) is 40.7 Å². The molecular formula is C18H23N3. The van der Waals surface area contributed by atoms with Crippen molar-refractivity contribution in [1.82, 2.24) is 15.3 Å². The molecule has 0 radical (unpaired) electrons. The highest BCUT2D eigenvalue weighted by Gasteiger charge is 2.41. The van der Waals surface area contributed by atoms with Crippen LogP contribution in [0, 0.1) is 6.92 Å². The molecule has 3 atom stereocenters. The van der Waals surface area contributed by atoms with Gasteiger partial charge in [-0.05, 0) is 38.2 Å². The van der Waals surface area contributed by atoms with E-state index in [2.05, 4.69) is 48.4 Å². The smallest absolute Gasteiger partial charge is 0.111 e. The molecule has 2 saturated heterocycles. The summed E-state index contributed by atoms with van der Waals surface area (Å²) in [6.07, 6.45) is 4.97. The van der Waals surface area contributed by atoms with Gasteiger partial charge in [0.05, 0.1) is 5.69 Å². The predicted octanol–water partition coefficient (Wildman–Crippen LogP) is 3.56. The van der Waals surface area contributed by atoms with Crippen LogP contribution in [0.15, 0.2) is 24.3 Å². The highest BCUT2D eigenvalue weighted by Crippen LogP contribution is 2.39. The number of hydrogen-bond donors (Lipinski definition) is 2. The number of fused-ring (bicyclic) bond motifs is 2. The molecule has 0 spiro atoms. The fourth-order valence-electron chi connectivity index (χ4n) is 3.96. The van der Waals surface area contributed by atoms with Gasteiger partial charge in [-0.3, -0.25) is 0 Å². The molecule has 1 aromatic carbocycles. The average Bonchev–Trinajstić information content (AvgIpc) is 3.22. The Hall–Kier alpha value is -1.61. The molecule has 2 aliphatic heterocycles. The van der Waals surface area contributed by atoms with Crippen LogP contribution >= 0.6 is 0 Å². The number of nitrogens with one attached hydrogen (secondary N) is 2. The van der Waals surface area contributed by atoms with Crippen LogP contribution in [0.5, 0.6) is 0 Å². The first-order valence-electron chi connectivity index (χ1n) is 8.16. The van der Waals surface area contributed by atoms with Crippen LogP contribution in [0.25, 0.3) is 11.3 Å². The second-order valence-corrected chi connectivity index (χ2v) is 6.54. The molecule has 4 rings (SSSR count). The number of aromatic nitrogens is 2. The third-order valence-corrected chi connectivity index (χ3v) is 5.19. The minimum atomic E-state index is 0.575. The Kier molecular flexibility index (Phi) is 3.11. The first kappa shape index (κ1) is 13.1. The lowest BCUT2D eigenvalue weighted by atomic mass is 9.89. The molecule has 0 saturated carbocycles. The summed E-state index contributed by atoms with van der Waals surface area (Å²) in [4.78, 5) is 8.49. The van der Waals surface area contributed by atoms with Gasteiger partial charge in [0, 0.05) is 29.3 Å². The summed E-state index contributed by atoms with van der Waals surface area (Å²) >= 11 is 0. The molecule has 1 aromatic heterocycles. The van der Waals surface area contributed by atoms with Crippen molar-refractivity contribution in [2.24, 2.45) is 0 Å². The maximum absolute atomic E-state index is 4.94. The zero-order valence-corrected chi connectivity index (χ0v) is 12.8. The quantitative estimate of drug-likeness (QED) is 0.903. The molecule has 2 aromatic rings. The lowest BCUT2D eigenvalue weighted by Crippen LogP contribution is -2.22. The minimum Gasteiger partial charge on any atom is -0.345 e. The van der Waals surface area contributed by atoms with Crippen molar-refractivity contribution in [3.8, 4) is 11.3 Å². The first-order valence-corrected chi connectivity index (χ1v) is 8.16. The van der Waals surface area contributed by atoms with E-state index in [-0.39, 0.29) is 0 Å². The Morgan fingerprint density at radius 1 is 1.19 bits per heavy atom. The maximum Gasteiger partial charge on any atom is 0.111 e. The largest absolute Gasteiger partial charge is 0.345 e. The standard InChI is InChI=1S/C18H23N3/c1-3-12-4-6-13(7-5-12)17-11(2)19-18(21-17)15-10-14-8-9-16(15)20-14/h4-7,14-16,20H,3,8-10H2,1-2H3,(H,19,21). The SMILES string of the molecule is CCc1ccc(-c2nc(C3CC4CCC3N4)[nH]c2C)cc1. The van der Waals surface area contributed by atoms with E-state index in [1.54, 1.807) is 0 Å². The molecule has 0 aliphatic carbocycles. The summed E-state index contributed by atoms with van der Waals surface area (Å²) in [5.41, 5.74) is 4.92. The van der Waals surface area contributed by atoms with E-state index in [9.17, 15) is 0 Å². The van der Waals surface area contributed by atoms with E-state index in [0.29, 0.717) is 12.0 Å². The average molecular weight is 281 g/mol. The summed E-state index contributed by atoms with van der Waals surface area (Å²) in [7, 11) is 0. The Bertz CT molecular complexity index is 641. The van der Waals surface area contributed by atoms with E-state index >= 15 is 0 Å². The monoisotopic (exact) mass is 281 g/mol. The fourth-order valence-corrected chi connectivity index (χ4v) is 3.96. The van der Waals surface area contributed by atoms with Crippen LogP contribution in [0.2, 0.25) is 0 Å². The van der Waals surface area contributed by atoms with Crippen molar-refractivity contribution in [2.75, 3.05) is 0 Å². The maximum atomic E-state index is 4.94. The zero-order chi connectivity index (χ0) is 14.4. The fraction of sp³-hybridized carbons (Fsp3) is 0.500. The first-order chi connectivity index (χ1) is 10.2. The van der Waals surface area contributed by atoms with Gasteiger partial charge in [0.25, 0.3) is 0 Å². The van der Waals surface area contributed by atoms with Crippen LogP contribution < -0.4 is 5.32 Å². The van der Waals surface area contributed by atoms with Crippen LogP contribution in [0.3, 0.4) is 0 Å². The summed E-state index contributed by atoms with van der Waals surface area (Å²) in [6.45, 7) is 4.33.